The third-order valence-electron chi connectivity index (χ3n) is 1.32. The molecular weight excluding hydrogens is 174 g/mol. The molecule has 3 nitrogen and oxygen atoms in total. The van der Waals surface area contributed by atoms with Gasteiger partial charge in [0.05, 0.1) is 0 Å². The van der Waals surface area contributed by atoms with Crippen LogP contribution in [0.3, 0.4) is 0 Å². The molecule has 72 valence electrons. The van der Waals surface area contributed by atoms with Gasteiger partial charge < -0.3 is 5.73 Å². The lowest BCUT2D eigenvalue weighted by Gasteiger charge is -2.08. The van der Waals surface area contributed by atoms with Gasteiger partial charge in [-0.25, -0.2) is 8.42 Å². The van der Waals surface area contributed by atoms with Crippen molar-refractivity contribution in [1.29, 1.82) is 0 Å². The van der Waals surface area contributed by atoms with E-state index in [1.807, 2.05) is 13.8 Å². The van der Waals surface area contributed by atoms with E-state index in [1.54, 1.807) is 0 Å². The van der Waals surface area contributed by atoms with E-state index in [0.29, 0.717) is 5.92 Å². The molecule has 0 aromatic heterocycles. The summed E-state index contributed by atoms with van der Waals surface area (Å²) < 4.78 is 21.4. The molecular formula is C8H17NO2S. The molecule has 0 bridgehead atoms. The Balaban J connectivity index is 4.01. The van der Waals surface area contributed by atoms with Gasteiger partial charge in [-0.05, 0) is 12.3 Å². The second-order valence-corrected chi connectivity index (χ2v) is 5.38. The molecule has 0 aliphatic carbocycles. The summed E-state index contributed by atoms with van der Waals surface area (Å²) in [6.07, 6.45) is 3.51. The van der Waals surface area contributed by atoms with Crippen LogP contribution in [0.15, 0.2) is 11.5 Å². The second kappa shape index (κ2) is 4.62. The highest BCUT2D eigenvalue weighted by atomic mass is 32.2. The molecule has 0 amide bonds. The van der Waals surface area contributed by atoms with Crippen molar-refractivity contribution in [2.45, 2.75) is 26.3 Å². The zero-order valence-electron chi connectivity index (χ0n) is 7.82. The normalized spacial score (nSPS) is 15.8. The van der Waals surface area contributed by atoms with Gasteiger partial charge in [0, 0.05) is 17.7 Å². The first-order chi connectivity index (χ1) is 5.31. The maximum Gasteiger partial charge on any atom is 0.168 e. The van der Waals surface area contributed by atoms with Gasteiger partial charge in [-0.2, -0.15) is 0 Å². The molecule has 0 aromatic carbocycles. The number of hydrogen-bond donors (Lipinski definition) is 1. The van der Waals surface area contributed by atoms with Crippen LogP contribution in [0.4, 0.5) is 0 Å². The predicted molar refractivity (Wildman–Crippen MR) is 51.4 cm³/mol. The van der Waals surface area contributed by atoms with Gasteiger partial charge >= 0.3 is 0 Å². The first-order valence-electron chi connectivity index (χ1n) is 3.95. The van der Waals surface area contributed by atoms with Crippen LogP contribution in [0.25, 0.3) is 0 Å². The Bertz CT molecular complexity index is 242. The zero-order chi connectivity index (χ0) is 9.78. The van der Waals surface area contributed by atoms with Crippen LogP contribution in [0.1, 0.15) is 20.3 Å². The highest BCUT2D eigenvalue weighted by molar-refractivity contribution is 7.93. The van der Waals surface area contributed by atoms with E-state index in [4.69, 9.17) is 5.73 Å². The van der Waals surface area contributed by atoms with E-state index in [0.717, 1.165) is 12.7 Å². The highest BCUT2D eigenvalue weighted by Crippen LogP contribution is 2.03. The van der Waals surface area contributed by atoms with Gasteiger partial charge in [0.25, 0.3) is 0 Å². The van der Waals surface area contributed by atoms with Crippen LogP contribution < -0.4 is 5.73 Å². The first-order valence-corrected chi connectivity index (χ1v) is 5.90. The second-order valence-electron chi connectivity index (χ2n) is 3.45. The van der Waals surface area contributed by atoms with Crippen molar-refractivity contribution in [3.8, 4) is 0 Å². The van der Waals surface area contributed by atoms with Crippen molar-refractivity contribution >= 4 is 9.84 Å². The van der Waals surface area contributed by atoms with Gasteiger partial charge in [0.2, 0.25) is 0 Å². The lowest BCUT2D eigenvalue weighted by molar-refractivity contribution is 0.546. The SMILES string of the molecule is CC(C)CC(N)/C=C/S(C)(=O)=O. The van der Waals surface area contributed by atoms with Crippen LogP contribution in [0.5, 0.6) is 0 Å². The molecule has 0 spiro atoms. The molecule has 0 saturated heterocycles. The molecule has 1 unspecified atom stereocenters. The molecule has 0 aliphatic rings. The monoisotopic (exact) mass is 191 g/mol. The van der Waals surface area contributed by atoms with Crippen LogP contribution in [-0.4, -0.2) is 20.7 Å². The topological polar surface area (TPSA) is 60.2 Å². The molecule has 2 N–H and O–H groups in total. The third-order valence-corrected chi connectivity index (χ3v) is 1.97. The van der Waals surface area contributed by atoms with Gasteiger partial charge in [-0.3, -0.25) is 0 Å². The van der Waals surface area contributed by atoms with Gasteiger partial charge in [0.1, 0.15) is 0 Å². The summed E-state index contributed by atoms with van der Waals surface area (Å²) in [5.74, 6) is 0.490. The van der Waals surface area contributed by atoms with E-state index in [1.165, 1.54) is 11.5 Å². The van der Waals surface area contributed by atoms with E-state index >= 15 is 0 Å². The third kappa shape index (κ3) is 7.75. The summed E-state index contributed by atoms with van der Waals surface area (Å²) in [6, 6.07) is -0.153. The maximum absolute atomic E-state index is 10.7. The fourth-order valence-electron chi connectivity index (χ4n) is 0.867. The summed E-state index contributed by atoms with van der Waals surface area (Å²) in [6.45, 7) is 4.10. The highest BCUT2D eigenvalue weighted by Gasteiger charge is 2.02. The Morgan fingerprint density at radius 3 is 2.25 bits per heavy atom. The van der Waals surface area contributed by atoms with E-state index in [9.17, 15) is 8.42 Å². The molecule has 0 rings (SSSR count). The van der Waals surface area contributed by atoms with Crippen LogP contribution in [-0.2, 0) is 9.84 Å². The number of rotatable bonds is 4. The van der Waals surface area contributed by atoms with Crippen molar-refractivity contribution < 1.29 is 8.42 Å². The van der Waals surface area contributed by atoms with E-state index in [2.05, 4.69) is 0 Å². The van der Waals surface area contributed by atoms with Crippen LogP contribution in [0.2, 0.25) is 0 Å². The molecule has 4 heteroatoms. The van der Waals surface area contributed by atoms with Crippen LogP contribution in [0, 0.1) is 5.92 Å². The van der Waals surface area contributed by atoms with Crippen molar-refractivity contribution in [2.75, 3.05) is 6.26 Å². The zero-order valence-corrected chi connectivity index (χ0v) is 8.64. The lowest BCUT2D eigenvalue weighted by Crippen LogP contribution is -2.19. The maximum atomic E-state index is 10.7. The summed E-state index contributed by atoms with van der Waals surface area (Å²) in [5.41, 5.74) is 5.63. The van der Waals surface area contributed by atoms with E-state index < -0.39 is 9.84 Å². The summed E-state index contributed by atoms with van der Waals surface area (Å²) in [4.78, 5) is 0. The summed E-state index contributed by atoms with van der Waals surface area (Å²) in [7, 11) is -3.02. The summed E-state index contributed by atoms with van der Waals surface area (Å²) >= 11 is 0. The molecule has 0 aliphatic heterocycles. The summed E-state index contributed by atoms with van der Waals surface area (Å²) in [5, 5.41) is 1.17. The smallest absolute Gasteiger partial charge is 0.168 e. The van der Waals surface area contributed by atoms with Crippen molar-refractivity contribution in [3.63, 3.8) is 0 Å². The average molecular weight is 191 g/mol. The Hall–Kier alpha value is -0.350. The Kier molecular flexibility index (Phi) is 4.49. The number of hydrogen-bond acceptors (Lipinski definition) is 3. The molecule has 12 heavy (non-hydrogen) atoms. The average Bonchev–Trinajstić information content (AvgIpc) is 1.80. The molecule has 0 saturated carbocycles. The number of nitrogens with two attached hydrogens (primary N) is 1. The number of sulfone groups is 1. The first kappa shape index (κ1) is 11.6. The minimum absolute atomic E-state index is 0.153. The minimum atomic E-state index is -3.02. The molecule has 1 atom stereocenters. The standard InChI is InChI=1S/C8H17NO2S/c1-7(2)6-8(9)4-5-12(3,10)11/h4-5,7-8H,6,9H2,1-3H3/b5-4+. The van der Waals surface area contributed by atoms with Crippen molar-refractivity contribution in [1.82, 2.24) is 0 Å². The molecule has 0 heterocycles. The quantitative estimate of drug-likeness (QED) is 0.718. The van der Waals surface area contributed by atoms with E-state index in [-0.39, 0.29) is 6.04 Å². The Labute approximate surface area is 74.6 Å². The predicted octanol–water partition coefficient (Wildman–Crippen LogP) is 0.918. The van der Waals surface area contributed by atoms with Crippen molar-refractivity contribution in [2.24, 2.45) is 11.7 Å². The largest absolute Gasteiger partial charge is 0.324 e. The van der Waals surface area contributed by atoms with Crippen molar-refractivity contribution in [3.05, 3.63) is 11.5 Å². The minimum Gasteiger partial charge on any atom is -0.324 e. The Morgan fingerprint density at radius 1 is 1.42 bits per heavy atom. The lowest BCUT2D eigenvalue weighted by atomic mass is 10.1. The fraction of sp³-hybridized carbons (Fsp3) is 0.750. The van der Waals surface area contributed by atoms with Gasteiger partial charge in [0.15, 0.2) is 9.84 Å². The Morgan fingerprint density at radius 2 is 1.92 bits per heavy atom. The molecule has 0 radical (unpaired) electrons. The molecule has 0 aromatic rings. The van der Waals surface area contributed by atoms with Crippen LogP contribution >= 0.6 is 0 Å². The fourth-order valence-corrected chi connectivity index (χ4v) is 1.35. The van der Waals surface area contributed by atoms with Gasteiger partial charge in [-0.1, -0.05) is 19.9 Å². The van der Waals surface area contributed by atoms with Gasteiger partial charge in [-0.15, -0.1) is 0 Å². The molecule has 0 fully saturated rings.